The van der Waals surface area contributed by atoms with Crippen molar-refractivity contribution in [3.05, 3.63) is 36.0 Å². The highest BCUT2D eigenvalue weighted by Crippen LogP contribution is 2.26. The van der Waals surface area contributed by atoms with Crippen molar-refractivity contribution in [3.63, 3.8) is 0 Å². The summed E-state index contributed by atoms with van der Waals surface area (Å²) in [6.45, 7) is 12.1. The molecular weight excluding hydrogens is 236 g/mol. The van der Waals surface area contributed by atoms with Gasteiger partial charge in [-0.05, 0) is 37.2 Å². The Hall–Kier alpha value is -1.31. The minimum atomic E-state index is -0.231. The van der Waals surface area contributed by atoms with Crippen LogP contribution in [0, 0.1) is 11.8 Å². The fourth-order valence-corrected chi connectivity index (χ4v) is 2.30. The third kappa shape index (κ3) is 5.46. The van der Waals surface area contributed by atoms with E-state index in [1.54, 1.807) is 0 Å². The molecule has 19 heavy (non-hydrogen) atoms. The van der Waals surface area contributed by atoms with Gasteiger partial charge in [0.25, 0.3) is 0 Å². The number of hydrogen-bond donors (Lipinski definition) is 0. The van der Waals surface area contributed by atoms with Crippen LogP contribution in [0.4, 0.5) is 0 Å². The lowest BCUT2D eigenvalue weighted by atomic mass is 9.87. The van der Waals surface area contributed by atoms with Crippen LogP contribution in [0.2, 0.25) is 0 Å². The van der Waals surface area contributed by atoms with Gasteiger partial charge in [-0.3, -0.25) is 4.79 Å². The maximum Gasteiger partial charge on any atom is 0.303 e. The third-order valence-corrected chi connectivity index (χ3v) is 3.68. The second-order valence-corrected chi connectivity index (χ2v) is 5.75. The van der Waals surface area contributed by atoms with Crippen molar-refractivity contribution in [1.29, 1.82) is 0 Å². The van der Waals surface area contributed by atoms with Crippen molar-refractivity contribution in [2.24, 2.45) is 11.8 Å². The molecule has 0 spiro atoms. The van der Waals surface area contributed by atoms with E-state index in [1.165, 1.54) is 12.5 Å². The quantitative estimate of drug-likeness (QED) is 0.543. The summed E-state index contributed by atoms with van der Waals surface area (Å²) in [5.74, 6) is 0.935. The Morgan fingerprint density at radius 3 is 2.74 bits per heavy atom. The lowest BCUT2D eigenvalue weighted by Crippen LogP contribution is -2.19. The molecule has 0 aromatic carbocycles. The van der Waals surface area contributed by atoms with Crippen molar-refractivity contribution < 1.29 is 9.53 Å². The van der Waals surface area contributed by atoms with Crippen LogP contribution in [-0.4, -0.2) is 12.1 Å². The topological polar surface area (TPSA) is 26.3 Å². The predicted molar refractivity (Wildman–Crippen MR) is 79.8 cm³/mol. The van der Waals surface area contributed by atoms with Crippen LogP contribution in [0.1, 0.15) is 47.0 Å². The fourth-order valence-electron chi connectivity index (χ4n) is 2.30. The molecule has 0 fully saturated rings. The van der Waals surface area contributed by atoms with E-state index in [2.05, 4.69) is 45.6 Å². The van der Waals surface area contributed by atoms with Gasteiger partial charge in [0.15, 0.2) is 0 Å². The lowest BCUT2D eigenvalue weighted by Gasteiger charge is -2.23. The maximum atomic E-state index is 11.2. The second-order valence-electron chi connectivity index (χ2n) is 5.75. The third-order valence-electron chi connectivity index (χ3n) is 3.68. The summed E-state index contributed by atoms with van der Waals surface area (Å²) < 4.78 is 5.37. The van der Waals surface area contributed by atoms with Gasteiger partial charge in [0.05, 0.1) is 0 Å². The van der Waals surface area contributed by atoms with Crippen molar-refractivity contribution in [2.45, 2.75) is 53.1 Å². The fraction of sp³-hybridized carbons (Fsp3) is 0.588. The highest BCUT2D eigenvalue weighted by atomic mass is 16.5. The summed E-state index contributed by atoms with van der Waals surface area (Å²) in [6.07, 6.45) is 9.14. The molecule has 0 unspecified atom stereocenters. The average Bonchev–Trinajstić information content (AvgIpc) is 2.32. The molecule has 2 nitrogen and oxygen atoms in total. The largest absolute Gasteiger partial charge is 0.458 e. The highest BCUT2D eigenvalue weighted by Gasteiger charge is 2.18. The molecule has 2 heteroatoms. The second kappa shape index (κ2) is 7.32. The zero-order valence-electron chi connectivity index (χ0n) is 12.6. The first-order chi connectivity index (χ1) is 8.90. The van der Waals surface area contributed by atoms with Crippen molar-refractivity contribution in [3.8, 4) is 0 Å². The van der Waals surface area contributed by atoms with Crippen LogP contribution in [-0.2, 0) is 9.53 Å². The van der Waals surface area contributed by atoms with Gasteiger partial charge in [-0.1, -0.05) is 44.2 Å². The number of rotatable bonds is 2. The Kier molecular flexibility index (Phi) is 6.07. The Morgan fingerprint density at radius 2 is 2.16 bits per heavy atom. The van der Waals surface area contributed by atoms with Gasteiger partial charge < -0.3 is 4.74 Å². The molecule has 0 aliphatic heterocycles. The minimum Gasteiger partial charge on any atom is -0.458 e. The van der Waals surface area contributed by atoms with Gasteiger partial charge in [0, 0.05) is 13.3 Å². The summed E-state index contributed by atoms with van der Waals surface area (Å²) >= 11 is 0. The van der Waals surface area contributed by atoms with E-state index in [1.807, 2.05) is 0 Å². The first kappa shape index (κ1) is 15.7. The SMILES string of the molecule is C=C1CC[C@@H](C(C)C)/C=C/C(C)=C\C[C@@H]1OC(C)=O. The van der Waals surface area contributed by atoms with E-state index < -0.39 is 0 Å². The molecule has 0 aromatic rings. The molecule has 0 bridgehead atoms. The standard InChI is InChI=1S/C17H26O2/c1-12(2)16-9-6-13(3)7-11-17(19-15(5)18)14(4)8-10-16/h6-7,9,12,16-17H,4,8,10-11H2,1-3,5H3/b9-6+,13-7-/t16-,17-/m0/s1. The Bertz CT molecular complexity index is 388. The van der Waals surface area contributed by atoms with Gasteiger partial charge in [-0.25, -0.2) is 0 Å². The zero-order chi connectivity index (χ0) is 14.4. The van der Waals surface area contributed by atoms with Gasteiger partial charge in [-0.15, -0.1) is 0 Å². The summed E-state index contributed by atoms with van der Waals surface area (Å²) in [4.78, 5) is 11.2. The first-order valence-corrected chi connectivity index (χ1v) is 7.10. The van der Waals surface area contributed by atoms with Crippen molar-refractivity contribution in [2.75, 3.05) is 0 Å². The summed E-state index contributed by atoms with van der Waals surface area (Å²) in [5, 5.41) is 0. The smallest absolute Gasteiger partial charge is 0.303 e. The number of esters is 1. The number of hydrogen-bond acceptors (Lipinski definition) is 2. The molecule has 0 radical (unpaired) electrons. The maximum absolute atomic E-state index is 11.2. The van der Waals surface area contributed by atoms with E-state index in [9.17, 15) is 4.79 Å². The molecule has 0 aromatic heterocycles. The van der Waals surface area contributed by atoms with Crippen LogP contribution in [0.3, 0.4) is 0 Å². The number of carbonyl (C=O) groups is 1. The summed E-state index contributed by atoms with van der Waals surface area (Å²) in [6, 6.07) is 0. The normalized spacial score (nSPS) is 29.5. The highest BCUT2D eigenvalue weighted by molar-refractivity contribution is 5.66. The summed E-state index contributed by atoms with van der Waals surface area (Å²) in [5.41, 5.74) is 2.25. The van der Waals surface area contributed by atoms with Crippen LogP contribution in [0.15, 0.2) is 36.0 Å². The van der Waals surface area contributed by atoms with Crippen LogP contribution in [0.5, 0.6) is 0 Å². The monoisotopic (exact) mass is 262 g/mol. The van der Waals surface area contributed by atoms with Gasteiger partial charge in [-0.2, -0.15) is 0 Å². The summed E-state index contributed by atoms with van der Waals surface area (Å²) in [7, 11) is 0. The Balaban J connectivity index is 2.87. The molecule has 0 amide bonds. The molecule has 0 heterocycles. The average molecular weight is 262 g/mol. The Labute approximate surface area is 117 Å². The number of allylic oxidation sites excluding steroid dienone is 3. The van der Waals surface area contributed by atoms with Crippen LogP contribution in [0.25, 0.3) is 0 Å². The number of ether oxygens (including phenoxy) is 1. The van der Waals surface area contributed by atoms with Gasteiger partial charge in [0.1, 0.15) is 6.10 Å². The molecule has 1 aliphatic carbocycles. The molecule has 106 valence electrons. The van der Waals surface area contributed by atoms with E-state index in [-0.39, 0.29) is 12.1 Å². The molecule has 1 rings (SSSR count). The van der Waals surface area contributed by atoms with Gasteiger partial charge in [0.2, 0.25) is 0 Å². The van der Waals surface area contributed by atoms with Crippen LogP contribution < -0.4 is 0 Å². The molecular formula is C17H26O2. The lowest BCUT2D eigenvalue weighted by molar-refractivity contribution is -0.144. The Morgan fingerprint density at radius 1 is 1.47 bits per heavy atom. The predicted octanol–water partition coefficient (Wildman–Crippen LogP) is 4.43. The minimum absolute atomic E-state index is 0.174. The molecule has 1 aliphatic rings. The molecule has 0 saturated heterocycles. The van der Waals surface area contributed by atoms with E-state index in [4.69, 9.17) is 4.74 Å². The van der Waals surface area contributed by atoms with E-state index in [0.29, 0.717) is 11.8 Å². The van der Waals surface area contributed by atoms with E-state index in [0.717, 1.165) is 24.8 Å². The first-order valence-electron chi connectivity index (χ1n) is 7.10. The van der Waals surface area contributed by atoms with E-state index >= 15 is 0 Å². The molecule has 0 N–H and O–H groups in total. The molecule has 2 atom stereocenters. The molecule has 0 saturated carbocycles. The number of carbonyl (C=O) groups excluding carboxylic acids is 1. The van der Waals surface area contributed by atoms with Crippen LogP contribution >= 0.6 is 0 Å². The van der Waals surface area contributed by atoms with Crippen molar-refractivity contribution in [1.82, 2.24) is 0 Å². The van der Waals surface area contributed by atoms with Crippen molar-refractivity contribution >= 4 is 5.97 Å². The zero-order valence-corrected chi connectivity index (χ0v) is 12.6. The van der Waals surface area contributed by atoms with Gasteiger partial charge >= 0.3 is 5.97 Å².